The minimum Gasteiger partial charge on any atom is -0.453 e. The Bertz CT molecular complexity index is 1100. The molecule has 1 heterocycles. The maximum absolute atomic E-state index is 13.2. The number of methoxy groups -OCH3 is 1. The molecule has 1 atom stereocenters. The third kappa shape index (κ3) is 4.77. The smallest absolute Gasteiger partial charge is 0.407 e. The van der Waals surface area contributed by atoms with E-state index in [2.05, 4.69) is 47.8 Å². The van der Waals surface area contributed by atoms with Gasteiger partial charge in [-0.05, 0) is 33.9 Å². The molecule has 1 aliphatic rings. The van der Waals surface area contributed by atoms with Crippen LogP contribution in [0.3, 0.4) is 0 Å². The van der Waals surface area contributed by atoms with Gasteiger partial charge in [0.05, 0.1) is 7.11 Å². The van der Waals surface area contributed by atoms with E-state index in [0.717, 1.165) is 12.0 Å². The number of carbonyl (C=O) groups excluding carboxylic acids is 2. The third-order valence-electron chi connectivity index (χ3n) is 5.71. The van der Waals surface area contributed by atoms with Crippen molar-refractivity contribution in [3.05, 3.63) is 90.0 Å². The molecule has 1 aliphatic heterocycles. The van der Waals surface area contributed by atoms with Gasteiger partial charge < -0.3 is 15.0 Å². The van der Waals surface area contributed by atoms with E-state index in [1.165, 1.54) is 29.0 Å². The van der Waals surface area contributed by atoms with E-state index >= 15 is 0 Å². The molecule has 4 rings (SSSR count). The monoisotopic (exact) mass is 414 g/mol. The molecule has 0 spiro atoms. The van der Waals surface area contributed by atoms with Crippen molar-refractivity contribution in [2.75, 3.05) is 20.2 Å². The van der Waals surface area contributed by atoms with E-state index in [1.54, 1.807) is 4.90 Å². The molecule has 3 aromatic rings. The Kier molecular flexibility index (Phi) is 6.32. The van der Waals surface area contributed by atoms with E-state index < -0.39 is 12.1 Å². The van der Waals surface area contributed by atoms with Gasteiger partial charge in [0.1, 0.15) is 6.04 Å². The standard InChI is InChI=1S/C26H26N2O3/c1-31-26(30)27-24(18-19-8-3-2-4-9-19)25(29)28-16-14-21(15-17-28)23-13-7-11-20-10-5-6-12-22(20)23/h2-14,24H,15-18H2,1H3,(H,27,30). The van der Waals surface area contributed by atoms with E-state index in [4.69, 9.17) is 4.74 Å². The Hall–Kier alpha value is -3.60. The van der Waals surface area contributed by atoms with Crippen molar-refractivity contribution in [3.63, 3.8) is 0 Å². The number of hydrogen-bond donors (Lipinski definition) is 1. The Labute approximate surface area is 182 Å². The summed E-state index contributed by atoms with van der Waals surface area (Å²) in [6.07, 6.45) is 2.72. The predicted octanol–water partition coefficient (Wildman–Crippen LogP) is 4.42. The maximum Gasteiger partial charge on any atom is 0.407 e. The van der Waals surface area contributed by atoms with Crippen LogP contribution < -0.4 is 5.32 Å². The normalized spacial score (nSPS) is 14.6. The largest absolute Gasteiger partial charge is 0.453 e. The fraction of sp³-hybridized carbons (Fsp3) is 0.231. The lowest BCUT2D eigenvalue weighted by atomic mass is 9.94. The van der Waals surface area contributed by atoms with Crippen LogP contribution in [-0.4, -0.2) is 43.1 Å². The van der Waals surface area contributed by atoms with Gasteiger partial charge in [-0.25, -0.2) is 4.79 Å². The van der Waals surface area contributed by atoms with E-state index in [9.17, 15) is 9.59 Å². The SMILES string of the molecule is COC(=O)NC(Cc1ccccc1)C(=O)N1CC=C(c2cccc3ccccc23)CC1. The van der Waals surface area contributed by atoms with E-state index in [0.29, 0.717) is 19.5 Å². The number of carbonyl (C=O) groups is 2. The van der Waals surface area contributed by atoms with Gasteiger partial charge in [0, 0.05) is 19.5 Å². The van der Waals surface area contributed by atoms with Crippen molar-refractivity contribution < 1.29 is 14.3 Å². The Morgan fingerprint density at radius 3 is 2.48 bits per heavy atom. The van der Waals surface area contributed by atoms with Crippen LogP contribution in [0.2, 0.25) is 0 Å². The van der Waals surface area contributed by atoms with Crippen LogP contribution in [0, 0.1) is 0 Å². The minimum atomic E-state index is -0.664. The minimum absolute atomic E-state index is 0.0949. The summed E-state index contributed by atoms with van der Waals surface area (Å²) in [4.78, 5) is 26.9. The molecule has 0 bridgehead atoms. The first-order valence-corrected chi connectivity index (χ1v) is 10.5. The molecule has 1 unspecified atom stereocenters. The second-order valence-corrected chi connectivity index (χ2v) is 7.67. The van der Waals surface area contributed by atoms with Gasteiger partial charge in [0.25, 0.3) is 0 Å². The van der Waals surface area contributed by atoms with Crippen molar-refractivity contribution >= 4 is 28.3 Å². The molecule has 0 radical (unpaired) electrons. The summed E-state index contributed by atoms with van der Waals surface area (Å²) < 4.78 is 4.74. The van der Waals surface area contributed by atoms with Crippen LogP contribution in [0.5, 0.6) is 0 Å². The van der Waals surface area contributed by atoms with Crippen molar-refractivity contribution in [2.45, 2.75) is 18.9 Å². The molecule has 5 heteroatoms. The quantitative estimate of drug-likeness (QED) is 0.672. The average Bonchev–Trinajstić information content (AvgIpc) is 2.83. The highest BCUT2D eigenvalue weighted by atomic mass is 16.5. The molecule has 1 N–H and O–H groups in total. The van der Waals surface area contributed by atoms with E-state index in [-0.39, 0.29) is 5.91 Å². The topological polar surface area (TPSA) is 58.6 Å². The number of fused-ring (bicyclic) bond motifs is 1. The van der Waals surface area contributed by atoms with Gasteiger partial charge in [0.15, 0.2) is 0 Å². The fourth-order valence-corrected chi connectivity index (χ4v) is 4.09. The molecule has 0 aliphatic carbocycles. The van der Waals surface area contributed by atoms with Gasteiger partial charge in [0.2, 0.25) is 5.91 Å². The first-order valence-electron chi connectivity index (χ1n) is 10.5. The number of amides is 2. The van der Waals surface area contributed by atoms with Crippen LogP contribution in [0.25, 0.3) is 16.3 Å². The Morgan fingerprint density at radius 2 is 1.74 bits per heavy atom. The Morgan fingerprint density at radius 1 is 1.00 bits per heavy atom. The van der Waals surface area contributed by atoms with Gasteiger partial charge in [-0.3, -0.25) is 4.79 Å². The van der Waals surface area contributed by atoms with Crippen molar-refractivity contribution in [1.82, 2.24) is 10.2 Å². The van der Waals surface area contributed by atoms with Gasteiger partial charge in [-0.1, -0.05) is 78.9 Å². The first kappa shape index (κ1) is 20.7. The molecule has 31 heavy (non-hydrogen) atoms. The molecule has 158 valence electrons. The van der Waals surface area contributed by atoms with Crippen LogP contribution in [0.1, 0.15) is 17.5 Å². The highest BCUT2D eigenvalue weighted by molar-refractivity contribution is 5.94. The van der Waals surface area contributed by atoms with Crippen LogP contribution in [0.4, 0.5) is 4.79 Å². The zero-order valence-electron chi connectivity index (χ0n) is 17.6. The van der Waals surface area contributed by atoms with Crippen molar-refractivity contribution in [1.29, 1.82) is 0 Å². The zero-order chi connectivity index (χ0) is 21.6. The molecule has 3 aromatic carbocycles. The lowest BCUT2D eigenvalue weighted by Gasteiger charge is -2.30. The molecular formula is C26H26N2O3. The highest BCUT2D eigenvalue weighted by Gasteiger charge is 2.28. The van der Waals surface area contributed by atoms with Crippen molar-refractivity contribution in [2.24, 2.45) is 0 Å². The summed E-state index contributed by atoms with van der Waals surface area (Å²) in [5, 5.41) is 5.15. The summed E-state index contributed by atoms with van der Waals surface area (Å²) >= 11 is 0. The molecular weight excluding hydrogens is 388 g/mol. The Balaban J connectivity index is 1.51. The first-order chi connectivity index (χ1) is 15.2. The van der Waals surface area contributed by atoms with Crippen LogP contribution in [-0.2, 0) is 16.0 Å². The van der Waals surface area contributed by atoms with Crippen LogP contribution >= 0.6 is 0 Å². The summed E-state index contributed by atoms with van der Waals surface area (Å²) in [5.41, 5.74) is 3.46. The molecule has 5 nitrogen and oxygen atoms in total. The van der Waals surface area contributed by atoms with Gasteiger partial charge >= 0.3 is 6.09 Å². The molecule has 0 aromatic heterocycles. The number of hydrogen-bond acceptors (Lipinski definition) is 3. The fourth-order valence-electron chi connectivity index (χ4n) is 4.09. The number of nitrogens with zero attached hydrogens (tertiary/aromatic N) is 1. The molecule has 2 amide bonds. The lowest BCUT2D eigenvalue weighted by Crippen LogP contribution is -2.50. The van der Waals surface area contributed by atoms with E-state index in [1.807, 2.05) is 36.4 Å². The summed E-state index contributed by atoms with van der Waals surface area (Å²) in [6, 6.07) is 23.7. The number of rotatable bonds is 5. The second-order valence-electron chi connectivity index (χ2n) is 7.67. The van der Waals surface area contributed by atoms with Crippen molar-refractivity contribution in [3.8, 4) is 0 Å². The third-order valence-corrected chi connectivity index (χ3v) is 5.71. The van der Waals surface area contributed by atoms with Crippen LogP contribution in [0.15, 0.2) is 78.9 Å². The van der Waals surface area contributed by atoms with Gasteiger partial charge in [-0.15, -0.1) is 0 Å². The maximum atomic E-state index is 13.2. The average molecular weight is 415 g/mol. The predicted molar refractivity (Wildman–Crippen MR) is 123 cm³/mol. The number of ether oxygens (including phenoxy) is 1. The molecule has 0 fully saturated rings. The van der Waals surface area contributed by atoms with Gasteiger partial charge in [-0.2, -0.15) is 0 Å². The summed E-state index contributed by atoms with van der Waals surface area (Å²) in [5.74, 6) is -0.0949. The number of nitrogens with one attached hydrogen (secondary N) is 1. The second kappa shape index (κ2) is 9.47. The highest BCUT2D eigenvalue weighted by Crippen LogP contribution is 2.29. The lowest BCUT2D eigenvalue weighted by molar-refractivity contribution is -0.132. The molecule has 0 saturated carbocycles. The summed E-state index contributed by atoms with van der Waals surface area (Å²) in [6.45, 7) is 1.13. The zero-order valence-corrected chi connectivity index (χ0v) is 17.6. The summed E-state index contributed by atoms with van der Waals surface area (Å²) in [7, 11) is 1.31. The number of benzene rings is 3. The number of alkyl carbamates (subject to hydrolysis) is 1. The molecule has 0 saturated heterocycles.